The fraction of sp³-hybridized carbons (Fsp3) is 0.667. The Labute approximate surface area is 125 Å². The monoisotopic (exact) mass is 292 g/mol. The van der Waals surface area contributed by atoms with Gasteiger partial charge in [-0.25, -0.2) is 0 Å². The molecule has 0 aliphatic carbocycles. The largest absolute Gasteiger partial charge is 0.353 e. The summed E-state index contributed by atoms with van der Waals surface area (Å²) < 4.78 is 1.81. The highest BCUT2D eigenvalue weighted by atomic mass is 16.2. The van der Waals surface area contributed by atoms with E-state index in [-0.39, 0.29) is 36.2 Å². The molecule has 0 saturated carbocycles. The van der Waals surface area contributed by atoms with Gasteiger partial charge in [-0.15, -0.1) is 0 Å². The Morgan fingerprint density at radius 1 is 1.48 bits per heavy atom. The summed E-state index contributed by atoms with van der Waals surface area (Å²) in [5.74, 6) is -0.312. The average Bonchev–Trinajstić information content (AvgIpc) is 3.04. The molecule has 1 aromatic heterocycles. The Hall–Kier alpha value is -1.85. The summed E-state index contributed by atoms with van der Waals surface area (Å²) in [7, 11) is 0. The van der Waals surface area contributed by atoms with E-state index in [9.17, 15) is 9.59 Å². The van der Waals surface area contributed by atoms with Crippen LogP contribution in [0.15, 0.2) is 12.4 Å². The Kier molecular flexibility index (Phi) is 4.65. The van der Waals surface area contributed by atoms with E-state index in [2.05, 4.69) is 10.4 Å². The summed E-state index contributed by atoms with van der Waals surface area (Å²) in [5.41, 5.74) is 0.771. The molecular formula is C15H24N4O2. The predicted octanol–water partition coefficient (Wildman–Crippen LogP) is 1.73. The third kappa shape index (κ3) is 3.43. The molecule has 0 unspecified atom stereocenters. The van der Waals surface area contributed by atoms with Crippen LogP contribution in [-0.2, 0) is 9.59 Å². The van der Waals surface area contributed by atoms with Gasteiger partial charge in [-0.3, -0.25) is 14.3 Å². The van der Waals surface area contributed by atoms with Crippen molar-refractivity contribution in [3.05, 3.63) is 12.4 Å². The molecule has 1 saturated heterocycles. The minimum atomic E-state index is -0.270. The average molecular weight is 292 g/mol. The smallest absolute Gasteiger partial charge is 0.227 e. The summed E-state index contributed by atoms with van der Waals surface area (Å²) in [6.07, 6.45) is 4.71. The number of anilines is 1. The van der Waals surface area contributed by atoms with Crippen molar-refractivity contribution in [1.82, 2.24) is 15.1 Å². The van der Waals surface area contributed by atoms with Crippen LogP contribution in [0, 0.1) is 5.92 Å². The van der Waals surface area contributed by atoms with Gasteiger partial charge < -0.3 is 10.2 Å². The molecule has 2 heterocycles. The van der Waals surface area contributed by atoms with Crippen LogP contribution in [-0.4, -0.2) is 34.2 Å². The molecule has 1 aliphatic rings. The van der Waals surface area contributed by atoms with Crippen molar-refractivity contribution in [3.8, 4) is 0 Å². The van der Waals surface area contributed by atoms with Crippen LogP contribution >= 0.6 is 0 Å². The van der Waals surface area contributed by atoms with E-state index < -0.39 is 0 Å². The van der Waals surface area contributed by atoms with Gasteiger partial charge in [0.2, 0.25) is 11.8 Å². The lowest BCUT2D eigenvalue weighted by atomic mass is 10.1. The lowest BCUT2D eigenvalue weighted by molar-refractivity contribution is -0.126. The molecule has 0 bridgehead atoms. The van der Waals surface area contributed by atoms with E-state index in [0.717, 1.165) is 12.1 Å². The molecule has 1 N–H and O–H groups in total. The van der Waals surface area contributed by atoms with Crippen molar-refractivity contribution in [2.24, 2.45) is 5.92 Å². The molecule has 0 spiro atoms. The van der Waals surface area contributed by atoms with E-state index in [0.29, 0.717) is 6.54 Å². The molecule has 21 heavy (non-hydrogen) atoms. The molecule has 1 fully saturated rings. The molecule has 2 amide bonds. The lowest BCUT2D eigenvalue weighted by Gasteiger charge is -2.16. The van der Waals surface area contributed by atoms with Gasteiger partial charge in [0, 0.05) is 31.2 Å². The van der Waals surface area contributed by atoms with Crippen LogP contribution in [0.5, 0.6) is 0 Å². The van der Waals surface area contributed by atoms with Crippen LogP contribution in [0.2, 0.25) is 0 Å². The predicted molar refractivity (Wildman–Crippen MR) is 81.0 cm³/mol. The Balaban J connectivity index is 2.03. The number of hydrogen-bond donors (Lipinski definition) is 1. The molecule has 2 atom stereocenters. The number of hydrogen-bond acceptors (Lipinski definition) is 3. The van der Waals surface area contributed by atoms with Crippen molar-refractivity contribution in [3.63, 3.8) is 0 Å². The van der Waals surface area contributed by atoms with Gasteiger partial charge in [0.25, 0.3) is 0 Å². The number of nitrogens with one attached hydrogen (secondary N) is 1. The maximum absolute atomic E-state index is 12.1. The van der Waals surface area contributed by atoms with Crippen molar-refractivity contribution in [2.45, 2.75) is 52.6 Å². The van der Waals surface area contributed by atoms with Crippen molar-refractivity contribution >= 4 is 17.5 Å². The zero-order valence-electron chi connectivity index (χ0n) is 13.2. The molecule has 1 aliphatic heterocycles. The summed E-state index contributed by atoms with van der Waals surface area (Å²) in [5, 5.41) is 7.20. The quantitative estimate of drug-likeness (QED) is 0.898. The maximum Gasteiger partial charge on any atom is 0.227 e. The van der Waals surface area contributed by atoms with Crippen LogP contribution in [0.25, 0.3) is 0 Å². The molecule has 6 heteroatoms. The zero-order valence-corrected chi connectivity index (χ0v) is 13.2. The van der Waals surface area contributed by atoms with Crippen LogP contribution in [0.4, 0.5) is 5.69 Å². The van der Waals surface area contributed by atoms with Crippen molar-refractivity contribution in [1.29, 1.82) is 0 Å². The van der Waals surface area contributed by atoms with E-state index in [1.54, 1.807) is 11.1 Å². The van der Waals surface area contributed by atoms with E-state index in [1.807, 2.05) is 38.6 Å². The second-order valence-corrected chi connectivity index (χ2v) is 6.00. The van der Waals surface area contributed by atoms with E-state index in [1.165, 1.54) is 0 Å². The molecule has 6 nitrogen and oxygen atoms in total. The molecule has 0 radical (unpaired) electrons. The lowest BCUT2D eigenvalue weighted by Crippen LogP contribution is -2.38. The molecular weight excluding hydrogens is 268 g/mol. The Morgan fingerprint density at radius 2 is 2.19 bits per heavy atom. The molecule has 116 valence electrons. The number of nitrogens with zero attached hydrogens (tertiary/aromatic N) is 3. The van der Waals surface area contributed by atoms with E-state index >= 15 is 0 Å². The SMILES string of the molecule is CC[C@@H](C)NC(=O)[C@@H]1CC(=O)N(c2cnn(C(C)C)c2)C1. The number of carbonyl (C=O) groups is 2. The Bertz CT molecular complexity index is 523. The standard InChI is InChI=1S/C15H24N4O2/c1-5-11(4)17-15(21)12-6-14(20)18(8-12)13-7-16-19(9-13)10(2)3/h7,9-12H,5-6,8H2,1-4H3,(H,17,21)/t11-,12-/m1/s1. The van der Waals surface area contributed by atoms with Crippen molar-refractivity contribution < 1.29 is 9.59 Å². The summed E-state index contributed by atoms with van der Waals surface area (Å²) in [4.78, 5) is 25.9. The normalized spacial score (nSPS) is 20.1. The fourth-order valence-electron chi connectivity index (χ4n) is 2.35. The van der Waals surface area contributed by atoms with Gasteiger partial charge in [-0.1, -0.05) is 6.92 Å². The summed E-state index contributed by atoms with van der Waals surface area (Å²) >= 11 is 0. The molecule has 1 aromatic rings. The minimum Gasteiger partial charge on any atom is -0.353 e. The molecule has 0 aromatic carbocycles. The van der Waals surface area contributed by atoms with Gasteiger partial charge in [0.1, 0.15) is 0 Å². The second-order valence-electron chi connectivity index (χ2n) is 6.00. The van der Waals surface area contributed by atoms with E-state index in [4.69, 9.17) is 0 Å². The van der Waals surface area contributed by atoms with Crippen LogP contribution in [0.3, 0.4) is 0 Å². The minimum absolute atomic E-state index is 0.0115. The highest BCUT2D eigenvalue weighted by Gasteiger charge is 2.35. The van der Waals surface area contributed by atoms with Gasteiger partial charge in [0.05, 0.1) is 17.8 Å². The summed E-state index contributed by atoms with van der Waals surface area (Å²) in [6, 6.07) is 0.395. The topological polar surface area (TPSA) is 67.2 Å². The van der Waals surface area contributed by atoms with Crippen LogP contribution in [0.1, 0.15) is 46.6 Å². The summed E-state index contributed by atoms with van der Waals surface area (Å²) in [6.45, 7) is 8.50. The second kappa shape index (κ2) is 6.28. The van der Waals surface area contributed by atoms with Gasteiger partial charge in [-0.2, -0.15) is 5.10 Å². The first-order valence-corrected chi connectivity index (χ1v) is 7.57. The van der Waals surface area contributed by atoms with Crippen LogP contribution < -0.4 is 10.2 Å². The first-order chi connectivity index (χ1) is 9.92. The Morgan fingerprint density at radius 3 is 2.76 bits per heavy atom. The number of rotatable bonds is 5. The highest BCUT2D eigenvalue weighted by Crippen LogP contribution is 2.25. The number of carbonyl (C=O) groups excluding carboxylic acids is 2. The number of aromatic nitrogens is 2. The first-order valence-electron chi connectivity index (χ1n) is 7.57. The van der Waals surface area contributed by atoms with Gasteiger partial charge in [-0.05, 0) is 27.2 Å². The fourth-order valence-corrected chi connectivity index (χ4v) is 2.35. The molecule has 2 rings (SSSR count). The highest BCUT2D eigenvalue weighted by molar-refractivity contribution is 6.00. The number of amides is 2. The zero-order chi connectivity index (χ0) is 15.6. The van der Waals surface area contributed by atoms with Gasteiger partial charge >= 0.3 is 0 Å². The third-order valence-corrected chi connectivity index (χ3v) is 3.93. The maximum atomic E-state index is 12.1. The van der Waals surface area contributed by atoms with Gasteiger partial charge in [0.15, 0.2) is 0 Å². The first kappa shape index (κ1) is 15.5. The van der Waals surface area contributed by atoms with Crippen molar-refractivity contribution in [2.75, 3.05) is 11.4 Å². The third-order valence-electron chi connectivity index (χ3n) is 3.93.